The molecule has 1 aromatic carbocycles. The lowest BCUT2D eigenvalue weighted by Gasteiger charge is -2.12. The highest BCUT2D eigenvalue weighted by Gasteiger charge is 2.08. The standard InChI is InChI=1S/C14H20O2/c1-10(7-12(3)15)8-13-5-6-14(16-4)9-11(13)2/h5-6,9-10H,7-8H2,1-4H3. The Hall–Kier alpha value is -1.31. The minimum atomic E-state index is 0.263. The number of ether oxygens (including phenoxy) is 1. The van der Waals surface area contributed by atoms with Crippen molar-refractivity contribution in [2.45, 2.75) is 33.6 Å². The molecule has 1 aromatic rings. The number of aryl methyl sites for hydroxylation is 1. The molecule has 0 aromatic heterocycles. The van der Waals surface area contributed by atoms with Crippen molar-refractivity contribution in [2.24, 2.45) is 5.92 Å². The molecular weight excluding hydrogens is 200 g/mol. The van der Waals surface area contributed by atoms with E-state index in [1.165, 1.54) is 11.1 Å². The maximum atomic E-state index is 11.0. The summed E-state index contributed by atoms with van der Waals surface area (Å²) < 4.78 is 5.17. The number of rotatable bonds is 5. The third kappa shape index (κ3) is 3.69. The second-order valence-corrected chi connectivity index (χ2v) is 4.51. The predicted octanol–water partition coefficient (Wildman–Crippen LogP) is 3.16. The van der Waals surface area contributed by atoms with Crippen LogP contribution in [0.3, 0.4) is 0 Å². The molecule has 0 aliphatic carbocycles. The van der Waals surface area contributed by atoms with Gasteiger partial charge in [-0.25, -0.2) is 0 Å². The van der Waals surface area contributed by atoms with Crippen LogP contribution in [-0.4, -0.2) is 12.9 Å². The SMILES string of the molecule is COc1ccc(CC(C)CC(C)=O)c(C)c1. The van der Waals surface area contributed by atoms with Crippen molar-refractivity contribution in [3.05, 3.63) is 29.3 Å². The van der Waals surface area contributed by atoms with E-state index in [2.05, 4.69) is 19.9 Å². The van der Waals surface area contributed by atoms with E-state index in [1.54, 1.807) is 14.0 Å². The molecule has 0 saturated heterocycles. The number of hydrogen-bond acceptors (Lipinski definition) is 2. The molecule has 0 saturated carbocycles. The van der Waals surface area contributed by atoms with Gasteiger partial charge in [-0.2, -0.15) is 0 Å². The molecule has 0 amide bonds. The quantitative estimate of drug-likeness (QED) is 0.762. The summed E-state index contributed by atoms with van der Waals surface area (Å²) in [6, 6.07) is 6.10. The molecule has 88 valence electrons. The summed E-state index contributed by atoms with van der Waals surface area (Å²) in [5.74, 6) is 1.56. The summed E-state index contributed by atoms with van der Waals surface area (Å²) in [5.41, 5.74) is 2.53. The van der Waals surface area contributed by atoms with Crippen LogP contribution in [0.25, 0.3) is 0 Å². The van der Waals surface area contributed by atoms with Crippen molar-refractivity contribution >= 4 is 5.78 Å². The highest BCUT2D eigenvalue weighted by molar-refractivity contribution is 5.75. The molecular formula is C14H20O2. The Morgan fingerprint density at radius 3 is 2.62 bits per heavy atom. The summed E-state index contributed by atoms with van der Waals surface area (Å²) in [6.45, 7) is 5.85. The third-order valence-electron chi connectivity index (χ3n) is 2.75. The lowest BCUT2D eigenvalue weighted by Crippen LogP contribution is -2.06. The van der Waals surface area contributed by atoms with Crippen molar-refractivity contribution < 1.29 is 9.53 Å². The molecule has 0 N–H and O–H groups in total. The van der Waals surface area contributed by atoms with Gasteiger partial charge in [-0.15, -0.1) is 0 Å². The van der Waals surface area contributed by atoms with Gasteiger partial charge in [0.05, 0.1) is 7.11 Å². The number of methoxy groups -OCH3 is 1. The fourth-order valence-corrected chi connectivity index (χ4v) is 1.96. The first-order valence-electron chi connectivity index (χ1n) is 5.66. The Morgan fingerprint density at radius 1 is 1.44 bits per heavy atom. The van der Waals surface area contributed by atoms with E-state index in [4.69, 9.17) is 4.74 Å². The van der Waals surface area contributed by atoms with E-state index in [-0.39, 0.29) is 5.78 Å². The number of ketones is 1. The topological polar surface area (TPSA) is 26.3 Å². The molecule has 1 unspecified atom stereocenters. The van der Waals surface area contributed by atoms with E-state index in [9.17, 15) is 4.79 Å². The summed E-state index contributed by atoms with van der Waals surface area (Å²) in [6.07, 6.45) is 1.61. The van der Waals surface area contributed by atoms with Gasteiger partial charge >= 0.3 is 0 Å². The molecule has 0 spiro atoms. The average molecular weight is 220 g/mol. The van der Waals surface area contributed by atoms with E-state index in [0.717, 1.165) is 12.2 Å². The molecule has 0 fully saturated rings. The summed E-state index contributed by atoms with van der Waals surface area (Å²) in [4.78, 5) is 11.0. The van der Waals surface area contributed by atoms with Crippen LogP contribution in [0.1, 0.15) is 31.4 Å². The van der Waals surface area contributed by atoms with Crippen LogP contribution in [0.2, 0.25) is 0 Å². The number of carbonyl (C=O) groups is 1. The van der Waals surface area contributed by atoms with Gasteiger partial charge in [0.2, 0.25) is 0 Å². The van der Waals surface area contributed by atoms with Crippen LogP contribution in [0.5, 0.6) is 5.75 Å². The second-order valence-electron chi connectivity index (χ2n) is 4.51. The fourth-order valence-electron chi connectivity index (χ4n) is 1.96. The molecule has 1 atom stereocenters. The first-order chi connectivity index (χ1) is 7.52. The molecule has 0 bridgehead atoms. The number of hydrogen-bond donors (Lipinski definition) is 0. The monoisotopic (exact) mass is 220 g/mol. The third-order valence-corrected chi connectivity index (χ3v) is 2.75. The van der Waals surface area contributed by atoms with Crippen LogP contribution in [0.4, 0.5) is 0 Å². The van der Waals surface area contributed by atoms with Crippen molar-refractivity contribution in [2.75, 3.05) is 7.11 Å². The van der Waals surface area contributed by atoms with E-state index in [1.807, 2.05) is 12.1 Å². The second kappa shape index (κ2) is 5.69. The highest BCUT2D eigenvalue weighted by Crippen LogP contribution is 2.20. The minimum absolute atomic E-state index is 0.263. The normalized spacial score (nSPS) is 12.2. The zero-order valence-corrected chi connectivity index (χ0v) is 10.5. The zero-order chi connectivity index (χ0) is 12.1. The largest absolute Gasteiger partial charge is 0.497 e. The van der Waals surface area contributed by atoms with Crippen molar-refractivity contribution in [1.82, 2.24) is 0 Å². The van der Waals surface area contributed by atoms with E-state index in [0.29, 0.717) is 12.3 Å². The number of benzene rings is 1. The molecule has 16 heavy (non-hydrogen) atoms. The Balaban J connectivity index is 2.70. The van der Waals surface area contributed by atoms with Crippen molar-refractivity contribution in [3.63, 3.8) is 0 Å². The van der Waals surface area contributed by atoms with Crippen LogP contribution >= 0.6 is 0 Å². The van der Waals surface area contributed by atoms with Gasteiger partial charge < -0.3 is 9.53 Å². The summed E-state index contributed by atoms with van der Waals surface area (Å²) >= 11 is 0. The Morgan fingerprint density at radius 2 is 2.12 bits per heavy atom. The molecule has 2 heteroatoms. The number of Topliss-reactive ketones (excluding diaryl/α,β-unsaturated/α-hetero) is 1. The average Bonchev–Trinajstić information content (AvgIpc) is 2.19. The van der Waals surface area contributed by atoms with Gasteiger partial charge in [0.25, 0.3) is 0 Å². The van der Waals surface area contributed by atoms with Gasteiger partial charge in [0.15, 0.2) is 0 Å². The zero-order valence-electron chi connectivity index (χ0n) is 10.5. The Kier molecular flexibility index (Phi) is 4.53. The van der Waals surface area contributed by atoms with Crippen LogP contribution in [0.15, 0.2) is 18.2 Å². The van der Waals surface area contributed by atoms with E-state index < -0.39 is 0 Å². The molecule has 2 nitrogen and oxygen atoms in total. The minimum Gasteiger partial charge on any atom is -0.497 e. The Bertz CT molecular complexity index is 369. The highest BCUT2D eigenvalue weighted by atomic mass is 16.5. The van der Waals surface area contributed by atoms with Crippen LogP contribution < -0.4 is 4.74 Å². The summed E-state index contributed by atoms with van der Waals surface area (Å²) in [5, 5.41) is 0. The molecule has 0 aliphatic rings. The van der Waals surface area contributed by atoms with Gasteiger partial charge in [0, 0.05) is 6.42 Å². The first kappa shape index (κ1) is 12.8. The fraction of sp³-hybridized carbons (Fsp3) is 0.500. The van der Waals surface area contributed by atoms with Crippen LogP contribution in [0, 0.1) is 12.8 Å². The van der Waals surface area contributed by atoms with Gasteiger partial charge in [0.1, 0.15) is 11.5 Å². The maximum absolute atomic E-state index is 11.0. The Labute approximate surface area is 97.6 Å². The first-order valence-corrected chi connectivity index (χ1v) is 5.66. The van der Waals surface area contributed by atoms with Crippen molar-refractivity contribution in [1.29, 1.82) is 0 Å². The molecule has 0 radical (unpaired) electrons. The van der Waals surface area contributed by atoms with Gasteiger partial charge in [-0.3, -0.25) is 0 Å². The van der Waals surface area contributed by atoms with Crippen LogP contribution in [-0.2, 0) is 11.2 Å². The molecule has 0 heterocycles. The lowest BCUT2D eigenvalue weighted by atomic mass is 9.94. The molecule has 0 aliphatic heterocycles. The maximum Gasteiger partial charge on any atom is 0.130 e. The van der Waals surface area contributed by atoms with Gasteiger partial charge in [-0.1, -0.05) is 13.0 Å². The smallest absolute Gasteiger partial charge is 0.130 e. The van der Waals surface area contributed by atoms with Crippen molar-refractivity contribution in [3.8, 4) is 5.75 Å². The predicted molar refractivity (Wildman–Crippen MR) is 65.9 cm³/mol. The summed E-state index contributed by atoms with van der Waals surface area (Å²) in [7, 11) is 1.67. The van der Waals surface area contributed by atoms with E-state index >= 15 is 0 Å². The molecule has 1 rings (SSSR count). The van der Waals surface area contributed by atoms with Gasteiger partial charge in [-0.05, 0) is 49.4 Å². The lowest BCUT2D eigenvalue weighted by molar-refractivity contribution is -0.117. The number of carbonyl (C=O) groups excluding carboxylic acids is 1.